The first-order valence-corrected chi connectivity index (χ1v) is 11.5. The zero-order valence-corrected chi connectivity index (χ0v) is 18.2. The molecule has 0 bridgehead atoms. The van der Waals surface area contributed by atoms with Crippen LogP contribution in [0.5, 0.6) is 0 Å². The fourth-order valence-electron chi connectivity index (χ4n) is 3.85. The summed E-state index contributed by atoms with van der Waals surface area (Å²) in [6, 6.07) is 10.7. The number of sulfonamides is 1. The molecule has 2 aromatic carbocycles. The van der Waals surface area contributed by atoms with Crippen LogP contribution in [0.1, 0.15) is 33.6 Å². The Kier molecular flexibility index (Phi) is 5.59. The Morgan fingerprint density at radius 2 is 1.68 bits per heavy atom. The summed E-state index contributed by atoms with van der Waals surface area (Å²) in [4.78, 5) is 38.5. The number of hydrogen-bond donors (Lipinski definition) is 1. The molecule has 2 aliphatic heterocycles. The summed E-state index contributed by atoms with van der Waals surface area (Å²) in [6.45, 7) is 0.409. The molecule has 8 nitrogen and oxygen atoms in total. The number of nitrogens with zero attached hydrogens (tertiary/aromatic N) is 2. The van der Waals surface area contributed by atoms with Gasteiger partial charge in [-0.2, -0.15) is 4.31 Å². The van der Waals surface area contributed by atoms with Crippen LogP contribution in [0.4, 0.5) is 5.69 Å². The summed E-state index contributed by atoms with van der Waals surface area (Å²) in [5.74, 6) is -1.57. The highest BCUT2D eigenvalue weighted by molar-refractivity contribution is 7.89. The van der Waals surface area contributed by atoms with E-state index in [1.807, 2.05) is 0 Å². The third-order valence-electron chi connectivity index (χ3n) is 5.65. The predicted molar refractivity (Wildman–Crippen MR) is 114 cm³/mol. The lowest BCUT2D eigenvalue weighted by Gasteiger charge is -2.30. The van der Waals surface area contributed by atoms with Crippen LogP contribution in [0.15, 0.2) is 47.4 Å². The molecule has 1 N–H and O–H groups in total. The highest BCUT2D eigenvalue weighted by Gasteiger charge is 2.36. The normalized spacial score (nSPS) is 17.7. The van der Waals surface area contributed by atoms with Gasteiger partial charge < -0.3 is 5.32 Å². The molecule has 0 spiro atoms. The molecule has 0 unspecified atom stereocenters. The lowest BCUT2D eigenvalue weighted by molar-refractivity contribution is -0.120. The van der Waals surface area contributed by atoms with E-state index in [4.69, 9.17) is 11.6 Å². The fraction of sp³-hybridized carbons (Fsp3) is 0.286. The minimum Gasteiger partial charge on any atom is -0.325 e. The van der Waals surface area contributed by atoms with Crippen LogP contribution in [0.2, 0.25) is 5.02 Å². The van der Waals surface area contributed by atoms with E-state index in [1.165, 1.54) is 35.6 Å². The molecular weight excluding hydrogens is 442 g/mol. The van der Waals surface area contributed by atoms with Gasteiger partial charge in [0.1, 0.15) is 0 Å². The first-order chi connectivity index (χ1) is 14.7. The van der Waals surface area contributed by atoms with Gasteiger partial charge in [0.2, 0.25) is 15.9 Å². The number of fused-ring (bicyclic) bond motifs is 1. The number of hydrogen-bond acceptors (Lipinski definition) is 5. The molecule has 0 aliphatic carbocycles. The number of halogens is 1. The summed E-state index contributed by atoms with van der Waals surface area (Å²) >= 11 is 5.83. The summed E-state index contributed by atoms with van der Waals surface area (Å²) in [5, 5.41) is 3.21. The molecule has 10 heteroatoms. The maximum absolute atomic E-state index is 12.8. The molecule has 1 fully saturated rings. The standard InChI is InChI=1S/C21H20ClN3O5S/c1-24-20(27)16-3-2-4-17(18(16)21(24)28)23-19(26)13-9-11-25(12-10-13)31(29,30)15-7-5-14(22)6-8-15/h2-8,13H,9-12H2,1H3,(H,23,26). The van der Waals surface area contributed by atoms with Crippen molar-refractivity contribution in [3.8, 4) is 0 Å². The van der Waals surface area contributed by atoms with Crippen molar-refractivity contribution in [3.05, 3.63) is 58.6 Å². The lowest BCUT2D eigenvalue weighted by Crippen LogP contribution is -2.41. The quantitative estimate of drug-likeness (QED) is 0.705. The Hall–Kier alpha value is -2.75. The van der Waals surface area contributed by atoms with E-state index < -0.39 is 27.8 Å². The molecular formula is C21H20ClN3O5S. The van der Waals surface area contributed by atoms with Gasteiger partial charge in [-0.3, -0.25) is 19.3 Å². The smallest absolute Gasteiger partial charge is 0.263 e. The Balaban J connectivity index is 1.44. The fourth-order valence-corrected chi connectivity index (χ4v) is 5.45. The van der Waals surface area contributed by atoms with E-state index in [2.05, 4.69) is 5.32 Å². The minimum absolute atomic E-state index is 0.159. The van der Waals surface area contributed by atoms with E-state index in [-0.39, 0.29) is 35.0 Å². The topological polar surface area (TPSA) is 104 Å². The molecule has 1 saturated heterocycles. The predicted octanol–water partition coefficient (Wildman–Crippen LogP) is 2.61. The number of rotatable bonds is 4. The largest absolute Gasteiger partial charge is 0.325 e. The monoisotopic (exact) mass is 461 g/mol. The average Bonchev–Trinajstić information content (AvgIpc) is 2.99. The van der Waals surface area contributed by atoms with Gasteiger partial charge in [-0.1, -0.05) is 17.7 Å². The van der Waals surface area contributed by atoms with Crippen LogP contribution in [0.25, 0.3) is 0 Å². The molecule has 31 heavy (non-hydrogen) atoms. The van der Waals surface area contributed by atoms with Gasteiger partial charge in [-0.25, -0.2) is 8.42 Å². The van der Waals surface area contributed by atoms with Crippen molar-refractivity contribution >= 4 is 45.0 Å². The van der Waals surface area contributed by atoms with E-state index >= 15 is 0 Å². The van der Waals surface area contributed by atoms with Gasteiger partial charge in [0.05, 0.1) is 21.7 Å². The molecule has 0 radical (unpaired) electrons. The lowest BCUT2D eigenvalue weighted by atomic mass is 9.96. The molecule has 0 saturated carbocycles. The highest BCUT2D eigenvalue weighted by atomic mass is 35.5. The second-order valence-corrected chi connectivity index (χ2v) is 9.89. The van der Waals surface area contributed by atoms with Crippen molar-refractivity contribution < 1.29 is 22.8 Å². The second kappa shape index (κ2) is 8.07. The van der Waals surface area contributed by atoms with Gasteiger partial charge in [0.25, 0.3) is 11.8 Å². The van der Waals surface area contributed by atoms with Crippen molar-refractivity contribution in [1.82, 2.24) is 9.21 Å². The molecule has 2 aromatic rings. The molecule has 4 rings (SSSR count). The number of carbonyl (C=O) groups excluding carboxylic acids is 3. The van der Waals surface area contributed by atoms with Gasteiger partial charge in [0.15, 0.2) is 0 Å². The number of anilines is 1. The van der Waals surface area contributed by atoms with Crippen molar-refractivity contribution in [2.45, 2.75) is 17.7 Å². The summed E-state index contributed by atoms with van der Waals surface area (Å²) in [7, 11) is -2.26. The Morgan fingerprint density at radius 3 is 2.32 bits per heavy atom. The number of nitrogens with one attached hydrogen (secondary N) is 1. The maximum atomic E-state index is 12.8. The third kappa shape index (κ3) is 3.84. The van der Waals surface area contributed by atoms with Crippen LogP contribution in [-0.2, 0) is 14.8 Å². The number of imide groups is 1. The minimum atomic E-state index is -3.66. The molecule has 0 atom stereocenters. The summed E-state index contributed by atoms with van der Waals surface area (Å²) in [6.07, 6.45) is 0.695. The number of piperidine rings is 1. The van der Waals surface area contributed by atoms with E-state index in [0.29, 0.717) is 23.6 Å². The second-order valence-electron chi connectivity index (χ2n) is 7.52. The molecule has 162 valence electrons. The van der Waals surface area contributed by atoms with Crippen LogP contribution in [0.3, 0.4) is 0 Å². The number of carbonyl (C=O) groups is 3. The number of benzene rings is 2. The van der Waals surface area contributed by atoms with Crippen LogP contribution in [0, 0.1) is 5.92 Å². The van der Waals surface area contributed by atoms with E-state index in [0.717, 1.165) is 4.90 Å². The van der Waals surface area contributed by atoms with Crippen LogP contribution in [-0.4, -0.2) is 55.5 Å². The zero-order valence-electron chi connectivity index (χ0n) is 16.7. The van der Waals surface area contributed by atoms with Crippen LogP contribution < -0.4 is 5.32 Å². The van der Waals surface area contributed by atoms with Gasteiger partial charge >= 0.3 is 0 Å². The zero-order chi connectivity index (χ0) is 22.3. The number of amides is 3. The Morgan fingerprint density at radius 1 is 1.03 bits per heavy atom. The van der Waals surface area contributed by atoms with Crippen molar-refractivity contribution in [2.24, 2.45) is 5.92 Å². The van der Waals surface area contributed by atoms with Gasteiger partial charge in [0, 0.05) is 31.1 Å². The van der Waals surface area contributed by atoms with Gasteiger partial charge in [-0.05, 0) is 49.2 Å². The molecule has 2 heterocycles. The summed E-state index contributed by atoms with van der Waals surface area (Å²) in [5.41, 5.74) is 0.738. The highest BCUT2D eigenvalue weighted by Crippen LogP contribution is 2.30. The average molecular weight is 462 g/mol. The Labute approximate surface area is 184 Å². The first kappa shape index (κ1) is 21.5. The van der Waals surface area contributed by atoms with E-state index in [1.54, 1.807) is 18.2 Å². The molecule has 3 amide bonds. The van der Waals surface area contributed by atoms with E-state index in [9.17, 15) is 22.8 Å². The first-order valence-electron chi connectivity index (χ1n) is 9.72. The molecule has 0 aromatic heterocycles. The van der Waals surface area contributed by atoms with Gasteiger partial charge in [-0.15, -0.1) is 0 Å². The Bertz CT molecular complexity index is 1170. The van der Waals surface area contributed by atoms with Crippen molar-refractivity contribution in [3.63, 3.8) is 0 Å². The summed E-state index contributed by atoms with van der Waals surface area (Å²) < 4.78 is 27.0. The molecule has 2 aliphatic rings. The SMILES string of the molecule is CN1C(=O)c2cccc(NC(=O)C3CCN(S(=O)(=O)c4ccc(Cl)cc4)CC3)c2C1=O. The third-order valence-corrected chi connectivity index (χ3v) is 7.82. The maximum Gasteiger partial charge on any atom is 0.263 e. The van der Waals surface area contributed by atoms with Crippen LogP contribution >= 0.6 is 11.6 Å². The van der Waals surface area contributed by atoms with Crippen molar-refractivity contribution in [1.29, 1.82) is 0 Å². The van der Waals surface area contributed by atoms with Crippen molar-refractivity contribution in [2.75, 3.05) is 25.5 Å².